The van der Waals surface area contributed by atoms with Gasteiger partial charge in [0.2, 0.25) is 0 Å². The zero-order chi connectivity index (χ0) is 14.8. The zero-order valence-corrected chi connectivity index (χ0v) is 13.9. The second kappa shape index (κ2) is 6.43. The van der Waals surface area contributed by atoms with E-state index in [1.165, 1.54) is 4.31 Å². The van der Waals surface area contributed by atoms with E-state index in [9.17, 15) is 8.42 Å². The Bertz CT molecular complexity index is 577. The first kappa shape index (κ1) is 15.8. The third kappa shape index (κ3) is 3.52. The molecule has 7 heteroatoms. The van der Waals surface area contributed by atoms with Crippen molar-refractivity contribution in [3.8, 4) is 0 Å². The van der Waals surface area contributed by atoms with Crippen LogP contribution < -0.4 is 10.5 Å². The summed E-state index contributed by atoms with van der Waals surface area (Å²) >= 11 is 3.37. The fourth-order valence-corrected chi connectivity index (χ4v) is 4.52. The van der Waals surface area contributed by atoms with Gasteiger partial charge in [-0.15, -0.1) is 0 Å². The van der Waals surface area contributed by atoms with E-state index in [4.69, 9.17) is 5.73 Å². The molecule has 1 fully saturated rings. The lowest BCUT2D eigenvalue weighted by Gasteiger charge is -2.34. The predicted octanol–water partition coefficient (Wildman–Crippen LogP) is 2.23. The van der Waals surface area contributed by atoms with Gasteiger partial charge >= 0.3 is 10.2 Å². The first-order valence-electron chi connectivity index (χ1n) is 6.70. The molecule has 1 aromatic rings. The van der Waals surface area contributed by atoms with Crippen molar-refractivity contribution >= 4 is 31.8 Å². The third-order valence-corrected chi connectivity index (χ3v) is 5.65. The minimum Gasteiger partial charge on any atom is -0.329 e. The second-order valence-electron chi connectivity index (χ2n) is 5.06. The van der Waals surface area contributed by atoms with Crippen LogP contribution in [0.1, 0.15) is 24.8 Å². The molecule has 0 spiro atoms. The fourth-order valence-electron chi connectivity index (χ4n) is 2.47. The third-order valence-electron chi connectivity index (χ3n) is 3.58. The van der Waals surface area contributed by atoms with Crippen molar-refractivity contribution < 1.29 is 8.42 Å². The highest BCUT2D eigenvalue weighted by Gasteiger charge is 2.31. The molecule has 20 heavy (non-hydrogen) atoms. The molecule has 0 saturated carbocycles. The molecule has 1 saturated heterocycles. The van der Waals surface area contributed by atoms with Gasteiger partial charge in [-0.05, 0) is 43.5 Å². The monoisotopic (exact) mass is 361 g/mol. The summed E-state index contributed by atoms with van der Waals surface area (Å²) in [6.45, 7) is 2.77. The van der Waals surface area contributed by atoms with E-state index >= 15 is 0 Å². The molecule has 3 N–H and O–H groups in total. The van der Waals surface area contributed by atoms with Gasteiger partial charge in [-0.25, -0.2) is 0 Å². The molecule has 0 aliphatic carbocycles. The Hall–Kier alpha value is -0.630. The van der Waals surface area contributed by atoms with Gasteiger partial charge in [-0.1, -0.05) is 22.4 Å². The summed E-state index contributed by atoms with van der Waals surface area (Å²) in [5.74, 6) is 0. The fraction of sp³-hybridized carbons (Fsp3) is 0.538. The second-order valence-corrected chi connectivity index (χ2v) is 7.60. The van der Waals surface area contributed by atoms with Gasteiger partial charge in [-0.2, -0.15) is 12.7 Å². The topological polar surface area (TPSA) is 75.4 Å². The van der Waals surface area contributed by atoms with E-state index in [1.807, 2.05) is 19.1 Å². The smallest absolute Gasteiger partial charge is 0.301 e. The lowest BCUT2D eigenvalue weighted by atomic mass is 10.1. The Labute approximate surface area is 128 Å². The number of hydrogen-bond donors (Lipinski definition) is 2. The maximum atomic E-state index is 12.5. The van der Waals surface area contributed by atoms with Crippen molar-refractivity contribution in [1.82, 2.24) is 4.31 Å². The summed E-state index contributed by atoms with van der Waals surface area (Å²) < 4.78 is 30.1. The summed E-state index contributed by atoms with van der Waals surface area (Å²) in [5.41, 5.74) is 7.18. The maximum absolute atomic E-state index is 12.5. The van der Waals surface area contributed by atoms with Gasteiger partial charge in [0.05, 0.1) is 5.69 Å². The van der Waals surface area contributed by atoms with Crippen LogP contribution in [0.2, 0.25) is 0 Å². The molecule has 2 rings (SSSR count). The molecule has 1 aliphatic heterocycles. The normalized spacial score (nSPS) is 20.9. The Morgan fingerprint density at radius 1 is 1.45 bits per heavy atom. The summed E-state index contributed by atoms with van der Waals surface area (Å²) in [6.07, 6.45) is 2.75. The number of piperidine rings is 1. The summed E-state index contributed by atoms with van der Waals surface area (Å²) in [5, 5.41) is 0. The number of nitrogens with one attached hydrogen (secondary N) is 1. The van der Waals surface area contributed by atoms with Crippen LogP contribution in [0.4, 0.5) is 5.69 Å². The summed E-state index contributed by atoms with van der Waals surface area (Å²) in [4.78, 5) is 0. The van der Waals surface area contributed by atoms with Crippen LogP contribution in [0.5, 0.6) is 0 Å². The van der Waals surface area contributed by atoms with Crippen LogP contribution in [-0.4, -0.2) is 31.9 Å². The van der Waals surface area contributed by atoms with Crippen LogP contribution >= 0.6 is 15.9 Å². The van der Waals surface area contributed by atoms with Crippen LogP contribution in [0, 0.1) is 6.92 Å². The molecule has 0 radical (unpaired) electrons. The summed E-state index contributed by atoms with van der Waals surface area (Å²) in [6, 6.07) is 5.37. The SMILES string of the molecule is Cc1cc(Br)ccc1NS(=O)(=O)N1CCCCC1CN. The van der Waals surface area contributed by atoms with Gasteiger partial charge in [0, 0.05) is 23.6 Å². The highest BCUT2D eigenvalue weighted by atomic mass is 79.9. The Balaban J connectivity index is 2.21. The number of nitrogens with zero attached hydrogens (tertiary/aromatic N) is 1. The van der Waals surface area contributed by atoms with Gasteiger partial charge in [0.25, 0.3) is 0 Å². The average molecular weight is 362 g/mol. The number of rotatable bonds is 4. The Morgan fingerprint density at radius 3 is 2.85 bits per heavy atom. The number of aryl methyl sites for hydroxylation is 1. The highest BCUT2D eigenvalue weighted by Crippen LogP contribution is 2.24. The molecule has 0 aromatic heterocycles. The van der Waals surface area contributed by atoms with Crippen molar-refractivity contribution in [2.45, 2.75) is 32.2 Å². The van der Waals surface area contributed by atoms with Crippen molar-refractivity contribution in [1.29, 1.82) is 0 Å². The van der Waals surface area contributed by atoms with Crippen LogP contribution in [-0.2, 0) is 10.2 Å². The first-order valence-corrected chi connectivity index (χ1v) is 8.93. The van der Waals surface area contributed by atoms with Crippen molar-refractivity contribution in [3.05, 3.63) is 28.2 Å². The van der Waals surface area contributed by atoms with E-state index in [0.717, 1.165) is 29.3 Å². The number of benzene rings is 1. The van der Waals surface area contributed by atoms with Gasteiger partial charge < -0.3 is 5.73 Å². The molecular weight excluding hydrogens is 342 g/mol. The summed E-state index contributed by atoms with van der Waals surface area (Å²) in [7, 11) is -3.54. The first-order chi connectivity index (χ1) is 9.44. The van der Waals surface area contributed by atoms with E-state index in [2.05, 4.69) is 20.7 Å². The minimum absolute atomic E-state index is 0.1000. The molecular formula is C13H20BrN3O2S. The molecule has 112 valence electrons. The van der Waals surface area contributed by atoms with E-state index < -0.39 is 10.2 Å². The number of nitrogens with two attached hydrogens (primary N) is 1. The number of hydrogen-bond acceptors (Lipinski definition) is 3. The quantitative estimate of drug-likeness (QED) is 0.863. The van der Waals surface area contributed by atoms with Crippen LogP contribution in [0.15, 0.2) is 22.7 Å². The number of halogens is 1. The molecule has 0 amide bonds. The molecule has 1 atom stereocenters. The van der Waals surface area contributed by atoms with Gasteiger partial charge in [-0.3, -0.25) is 4.72 Å². The Kier molecular flexibility index (Phi) is 5.06. The van der Waals surface area contributed by atoms with Crippen molar-refractivity contribution in [2.24, 2.45) is 5.73 Å². The minimum atomic E-state index is -3.54. The molecule has 1 aromatic carbocycles. The number of anilines is 1. The molecule has 1 aliphatic rings. The molecule has 1 heterocycles. The van der Waals surface area contributed by atoms with Crippen LogP contribution in [0.25, 0.3) is 0 Å². The maximum Gasteiger partial charge on any atom is 0.301 e. The lowest BCUT2D eigenvalue weighted by molar-refractivity contribution is 0.259. The van der Waals surface area contributed by atoms with Crippen LogP contribution in [0.3, 0.4) is 0 Å². The molecule has 5 nitrogen and oxygen atoms in total. The Morgan fingerprint density at radius 2 is 2.20 bits per heavy atom. The molecule has 1 unspecified atom stereocenters. The zero-order valence-electron chi connectivity index (χ0n) is 11.5. The van der Waals surface area contributed by atoms with E-state index in [1.54, 1.807) is 6.07 Å². The molecule has 0 bridgehead atoms. The van der Waals surface area contributed by atoms with Gasteiger partial charge in [0.1, 0.15) is 0 Å². The lowest BCUT2D eigenvalue weighted by Crippen LogP contribution is -2.49. The van der Waals surface area contributed by atoms with E-state index in [0.29, 0.717) is 18.8 Å². The standard InChI is InChI=1S/C13H20BrN3O2S/c1-10-8-11(14)5-6-13(10)16-20(18,19)17-7-3-2-4-12(17)9-15/h5-6,8,12,16H,2-4,7,9,15H2,1H3. The van der Waals surface area contributed by atoms with E-state index in [-0.39, 0.29) is 6.04 Å². The van der Waals surface area contributed by atoms with Crippen molar-refractivity contribution in [2.75, 3.05) is 17.8 Å². The highest BCUT2D eigenvalue weighted by molar-refractivity contribution is 9.10. The predicted molar refractivity (Wildman–Crippen MR) is 84.8 cm³/mol. The van der Waals surface area contributed by atoms with Gasteiger partial charge in [0.15, 0.2) is 0 Å². The largest absolute Gasteiger partial charge is 0.329 e. The van der Waals surface area contributed by atoms with Crippen molar-refractivity contribution in [3.63, 3.8) is 0 Å². The average Bonchev–Trinajstić information content (AvgIpc) is 2.42.